The highest BCUT2D eigenvalue weighted by Gasteiger charge is 2.21. The van der Waals surface area contributed by atoms with Crippen molar-refractivity contribution in [2.24, 2.45) is 0 Å². The number of aromatic nitrogens is 2. The Hall–Kier alpha value is -2.94. The Balaban J connectivity index is 2.09. The quantitative estimate of drug-likeness (QED) is 0.459. The number of hydrogen-bond acceptors (Lipinski definition) is 7. The van der Waals surface area contributed by atoms with Crippen LogP contribution in [0.4, 0.5) is 5.82 Å². The van der Waals surface area contributed by atoms with Gasteiger partial charge in [0.1, 0.15) is 36.8 Å². The van der Waals surface area contributed by atoms with Gasteiger partial charge in [0.15, 0.2) is 5.82 Å². The van der Waals surface area contributed by atoms with Crippen molar-refractivity contribution in [1.82, 2.24) is 9.55 Å². The van der Waals surface area contributed by atoms with Gasteiger partial charge in [0.2, 0.25) is 0 Å². The molecule has 0 saturated heterocycles. The lowest BCUT2D eigenvalue weighted by molar-refractivity contribution is -0.392. The van der Waals surface area contributed by atoms with Gasteiger partial charge < -0.3 is 24.7 Å². The fraction of sp³-hybridized carbons (Fsp3) is 0.375. The number of aliphatic hydroxyl groups excluding tert-OH is 1. The van der Waals surface area contributed by atoms with E-state index >= 15 is 0 Å². The van der Waals surface area contributed by atoms with E-state index in [0.717, 1.165) is 11.8 Å². The average Bonchev–Trinajstić information content (AvgIpc) is 2.93. The number of methoxy groups -OCH3 is 1. The van der Waals surface area contributed by atoms with Gasteiger partial charge in [0.25, 0.3) is 0 Å². The maximum atomic E-state index is 11.8. The number of hydrogen-bond donors (Lipinski definition) is 1. The number of nitrogens with zero attached hydrogens (tertiary/aromatic N) is 3. The van der Waals surface area contributed by atoms with Crippen molar-refractivity contribution in [3.05, 3.63) is 51.5 Å². The zero-order valence-corrected chi connectivity index (χ0v) is 14.1. The molecule has 0 aliphatic heterocycles. The van der Waals surface area contributed by atoms with Crippen LogP contribution >= 0.6 is 0 Å². The first kappa shape index (κ1) is 18.4. The maximum Gasteiger partial charge on any atom is 0.342 e. The Morgan fingerprint density at radius 1 is 1.44 bits per heavy atom. The minimum atomic E-state index is -1.03. The van der Waals surface area contributed by atoms with Crippen molar-refractivity contribution >= 4 is 11.8 Å². The van der Waals surface area contributed by atoms with Crippen LogP contribution in [0.2, 0.25) is 0 Å². The zero-order valence-electron chi connectivity index (χ0n) is 14.1. The van der Waals surface area contributed by atoms with Gasteiger partial charge in [-0.15, -0.1) is 0 Å². The van der Waals surface area contributed by atoms with Crippen molar-refractivity contribution in [3.8, 4) is 5.75 Å². The molecule has 1 aromatic carbocycles. The molecule has 134 valence electrons. The fourth-order valence-electron chi connectivity index (χ4n) is 2.30. The summed E-state index contributed by atoms with van der Waals surface area (Å²) in [4.78, 5) is 26.0. The summed E-state index contributed by atoms with van der Waals surface area (Å²) in [6, 6.07) is 4.98. The van der Waals surface area contributed by atoms with E-state index < -0.39 is 17.0 Å². The smallest absolute Gasteiger partial charge is 0.342 e. The number of ether oxygens (including phenoxy) is 2. The van der Waals surface area contributed by atoms with Crippen LogP contribution in [0.5, 0.6) is 5.75 Å². The van der Waals surface area contributed by atoms with Gasteiger partial charge in [-0.2, -0.15) is 0 Å². The lowest BCUT2D eigenvalue weighted by Gasteiger charge is -2.14. The van der Waals surface area contributed by atoms with Gasteiger partial charge in [0, 0.05) is 6.92 Å². The first-order valence-corrected chi connectivity index (χ1v) is 7.49. The van der Waals surface area contributed by atoms with Gasteiger partial charge in [-0.25, -0.2) is 14.3 Å². The third kappa shape index (κ3) is 4.32. The van der Waals surface area contributed by atoms with Gasteiger partial charge >= 0.3 is 11.8 Å². The van der Waals surface area contributed by atoms with Crippen LogP contribution in [0, 0.1) is 24.0 Å². The number of carbonyl (C=O) groups is 1. The van der Waals surface area contributed by atoms with Crippen molar-refractivity contribution in [1.29, 1.82) is 0 Å². The molecule has 1 unspecified atom stereocenters. The second-order valence-corrected chi connectivity index (χ2v) is 5.49. The molecule has 0 amide bonds. The Labute approximate surface area is 144 Å². The third-order valence-corrected chi connectivity index (χ3v) is 3.59. The third-order valence-electron chi connectivity index (χ3n) is 3.59. The number of rotatable bonds is 7. The lowest BCUT2D eigenvalue weighted by Crippen LogP contribution is -2.25. The van der Waals surface area contributed by atoms with Crippen molar-refractivity contribution in [2.75, 3.05) is 13.7 Å². The van der Waals surface area contributed by atoms with Crippen LogP contribution in [-0.4, -0.2) is 45.4 Å². The van der Waals surface area contributed by atoms with E-state index in [1.54, 1.807) is 25.1 Å². The molecule has 1 atom stereocenters. The molecule has 0 aliphatic rings. The number of esters is 1. The molecular formula is C16H19N3O6. The van der Waals surface area contributed by atoms with Gasteiger partial charge in [-0.1, -0.05) is 6.07 Å². The summed E-state index contributed by atoms with van der Waals surface area (Å²) >= 11 is 0. The lowest BCUT2D eigenvalue weighted by atomic mass is 10.1. The SMILES string of the molecule is COC(=O)c1ccc(C)cc1OCC(O)Cn1c([N+](=O)[O-])cnc1C. The number of benzene rings is 1. The van der Waals surface area contributed by atoms with Gasteiger partial charge in [-0.3, -0.25) is 0 Å². The van der Waals surface area contributed by atoms with Crippen LogP contribution in [0.15, 0.2) is 24.4 Å². The van der Waals surface area contributed by atoms with Crippen LogP contribution in [0.1, 0.15) is 21.7 Å². The molecule has 0 fully saturated rings. The second-order valence-electron chi connectivity index (χ2n) is 5.49. The monoisotopic (exact) mass is 349 g/mol. The highest BCUT2D eigenvalue weighted by molar-refractivity contribution is 5.92. The van der Waals surface area contributed by atoms with Gasteiger partial charge in [-0.05, 0) is 29.5 Å². The highest BCUT2D eigenvalue weighted by Crippen LogP contribution is 2.22. The Bertz CT molecular complexity index is 786. The molecule has 0 aliphatic carbocycles. The minimum absolute atomic E-state index is 0.0540. The molecular weight excluding hydrogens is 330 g/mol. The van der Waals surface area contributed by atoms with E-state index in [2.05, 4.69) is 4.98 Å². The maximum absolute atomic E-state index is 11.8. The minimum Gasteiger partial charge on any atom is -0.490 e. The van der Waals surface area contributed by atoms with Crippen LogP contribution in [-0.2, 0) is 11.3 Å². The molecule has 1 aromatic heterocycles. The summed E-state index contributed by atoms with van der Waals surface area (Å²) in [5.74, 6) is -0.0627. The topological polar surface area (TPSA) is 117 Å². The Kier molecular flexibility index (Phi) is 5.71. The summed E-state index contributed by atoms with van der Waals surface area (Å²) in [5, 5.41) is 21.1. The fourth-order valence-corrected chi connectivity index (χ4v) is 2.30. The summed E-state index contributed by atoms with van der Waals surface area (Å²) in [7, 11) is 1.27. The van der Waals surface area contributed by atoms with Crippen molar-refractivity contribution in [3.63, 3.8) is 0 Å². The van der Waals surface area contributed by atoms with Gasteiger partial charge in [0.05, 0.1) is 7.11 Å². The molecule has 9 nitrogen and oxygen atoms in total. The second kappa shape index (κ2) is 7.75. The van der Waals surface area contributed by atoms with Crippen LogP contribution in [0.3, 0.4) is 0 Å². The predicted molar refractivity (Wildman–Crippen MR) is 87.6 cm³/mol. The van der Waals surface area contributed by atoms with E-state index in [1.807, 2.05) is 6.92 Å². The first-order chi connectivity index (χ1) is 11.8. The Morgan fingerprint density at radius 2 is 2.16 bits per heavy atom. The molecule has 0 saturated carbocycles. The van der Waals surface area contributed by atoms with E-state index in [9.17, 15) is 20.0 Å². The summed E-state index contributed by atoms with van der Waals surface area (Å²) in [5.41, 5.74) is 1.11. The van der Waals surface area contributed by atoms with Crippen molar-refractivity contribution in [2.45, 2.75) is 26.5 Å². The van der Waals surface area contributed by atoms with Crippen molar-refractivity contribution < 1.29 is 24.3 Å². The van der Waals surface area contributed by atoms with E-state index in [1.165, 1.54) is 11.7 Å². The standard InChI is InChI=1S/C16H19N3O6/c1-10-4-5-13(16(21)24-3)14(6-10)25-9-12(20)8-18-11(2)17-7-15(18)19(22)23/h4-7,12,20H,8-9H2,1-3H3. The van der Waals surface area contributed by atoms with Crippen LogP contribution < -0.4 is 4.74 Å². The molecule has 25 heavy (non-hydrogen) atoms. The summed E-state index contributed by atoms with van der Waals surface area (Å²) in [6.07, 6.45) is 0.108. The number of aliphatic hydroxyl groups is 1. The molecule has 2 rings (SSSR count). The Morgan fingerprint density at radius 3 is 2.80 bits per heavy atom. The average molecular weight is 349 g/mol. The number of nitro groups is 1. The largest absolute Gasteiger partial charge is 0.490 e. The van der Waals surface area contributed by atoms with E-state index in [-0.39, 0.29) is 30.3 Å². The molecule has 2 aromatic rings. The normalized spacial score (nSPS) is 11.8. The number of imidazole rings is 1. The molecule has 9 heteroatoms. The number of carbonyl (C=O) groups excluding carboxylic acids is 1. The van der Waals surface area contributed by atoms with E-state index in [0.29, 0.717) is 5.82 Å². The zero-order chi connectivity index (χ0) is 18.6. The molecule has 1 heterocycles. The highest BCUT2D eigenvalue weighted by atomic mass is 16.6. The molecule has 0 radical (unpaired) electrons. The number of aryl methyl sites for hydroxylation is 2. The molecule has 0 spiro atoms. The first-order valence-electron chi connectivity index (χ1n) is 7.49. The predicted octanol–water partition coefficient (Wildman–Crippen LogP) is 1.63. The summed E-state index contributed by atoms with van der Waals surface area (Å²) in [6.45, 7) is 3.24. The summed E-state index contributed by atoms with van der Waals surface area (Å²) < 4.78 is 11.5. The van der Waals surface area contributed by atoms with Crippen LogP contribution in [0.25, 0.3) is 0 Å². The van der Waals surface area contributed by atoms with E-state index in [4.69, 9.17) is 9.47 Å². The molecule has 0 bridgehead atoms. The molecule has 1 N–H and O–H groups in total.